The fraction of sp³-hybridized carbons (Fsp3) is 0.167. The summed E-state index contributed by atoms with van der Waals surface area (Å²) in [5.41, 5.74) is 0.370. The highest BCUT2D eigenvalue weighted by Gasteiger charge is 2.19. The van der Waals surface area contributed by atoms with Crippen LogP contribution in [0.4, 0.5) is 0 Å². The van der Waals surface area contributed by atoms with Crippen molar-refractivity contribution in [2.24, 2.45) is 0 Å². The van der Waals surface area contributed by atoms with Crippen molar-refractivity contribution in [1.29, 1.82) is 10.7 Å². The molecule has 0 aliphatic carbocycles. The topological polar surface area (TPSA) is 56.9 Å². The first-order chi connectivity index (χ1) is 13.7. The largest absolute Gasteiger partial charge is 0.453 e. The van der Waals surface area contributed by atoms with E-state index in [2.05, 4.69) is 50.2 Å². The van der Waals surface area contributed by atoms with Crippen molar-refractivity contribution in [3.05, 3.63) is 69.6 Å². The summed E-state index contributed by atoms with van der Waals surface area (Å²) in [7, 11) is 0. The molecule has 1 aliphatic rings. The fourth-order valence-electron chi connectivity index (χ4n) is 3.49. The van der Waals surface area contributed by atoms with Crippen molar-refractivity contribution >= 4 is 50.2 Å². The minimum Gasteiger partial charge on any atom is -0.453 e. The van der Waals surface area contributed by atoms with E-state index in [1.807, 2.05) is 18.2 Å². The van der Waals surface area contributed by atoms with Gasteiger partial charge in [-0.3, -0.25) is 0 Å². The lowest BCUT2D eigenvalue weighted by molar-refractivity contribution is 0.382. The Hall–Kier alpha value is -3.03. The van der Waals surface area contributed by atoms with Gasteiger partial charge in [0.05, 0.1) is 5.57 Å². The molecule has 138 valence electrons. The first-order valence-corrected chi connectivity index (χ1v) is 10.2. The lowest BCUT2D eigenvalue weighted by Gasteiger charge is -2.05. The normalized spacial score (nSPS) is 16.9. The number of allylic oxidation sites excluding steroid dienone is 2. The van der Waals surface area contributed by atoms with Crippen LogP contribution >= 0.6 is 11.8 Å². The van der Waals surface area contributed by atoms with Gasteiger partial charge in [0.25, 0.3) is 0 Å². The Balaban J connectivity index is 1.86. The minimum atomic E-state index is 0.370. The summed E-state index contributed by atoms with van der Waals surface area (Å²) >= 11 is 1.74. The lowest BCUT2D eigenvalue weighted by Crippen LogP contribution is -2.05. The number of ether oxygens (including phenoxy) is 1. The van der Waals surface area contributed by atoms with E-state index in [0.717, 1.165) is 61.9 Å². The van der Waals surface area contributed by atoms with Gasteiger partial charge in [-0.2, -0.15) is 5.26 Å². The molecule has 3 nitrogen and oxygen atoms in total. The van der Waals surface area contributed by atoms with E-state index < -0.39 is 0 Å². The molecule has 1 N–H and O–H groups in total. The van der Waals surface area contributed by atoms with E-state index in [4.69, 9.17) is 10.1 Å². The Labute approximate surface area is 168 Å². The number of fused-ring (bicyclic) bond motifs is 2. The molecule has 3 aromatic carbocycles. The van der Waals surface area contributed by atoms with Gasteiger partial charge in [0.2, 0.25) is 0 Å². The average Bonchev–Trinajstić information content (AvgIpc) is 3.16. The molecular formula is C24H20N2OS. The number of thioether (sulfide) groups is 1. The molecule has 0 saturated carbocycles. The second-order valence-corrected chi connectivity index (χ2v) is 7.76. The van der Waals surface area contributed by atoms with Gasteiger partial charge in [0, 0.05) is 22.8 Å². The predicted molar refractivity (Wildman–Crippen MR) is 118 cm³/mol. The van der Waals surface area contributed by atoms with Crippen LogP contribution in [0.3, 0.4) is 0 Å². The van der Waals surface area contributed by atoms with Gasteiger partial charge in [-0.25, -0.2) is 0 Å². The van der Waals surface area contributed by atoms with Crippen molar-refractivity contribution in [2.75, 3.05) is 0 Å². The summed E-state index contributed by atoms with van der Waals surface area (Å²) in [6.45, 7) is 4.29. The van der Waals surface area contributed by atoms with E-state index in [1.165, 1.54) is 4.91 Å². The van der Waals surface area contributed by atoms with Crippen LogP contribution < -0.4 is 10.4 Å². The Morgan fingerprint density at radius 3 is 2.32 bits per heavy atom. The van der Waals surface area contributed by atoms with Crippen molar-refractivity contribution in [3.8, 4) is 6.07 Å². The Bertz CT molecular complexity index is 1290. The van der Waals surface area contributed by atoms with E-state index in [1.54, 1.807) is 11.8 Å². The van der Waals surface area contributed by atoms with Gasteiger partial charge < -0.3 is 10.1 Å². The molecule has 0 saturated heterocycles. The van der Waals surface area contributed by atoms with Gasteiger partial charge in [0.15, 0.2) is 5.09 Å². The number of hydrogen-bond donors (Lipinski definition) is 1. The quantitative estimate of drug-likeness (QED) is 0.500. The van der Waals surface area contributed by atoms with Crippen LogP contribution in [-0.2, 0) is 4.74 Å². The molecule has 4 heteroatoms. The number of nitrogens with one attached hydrogen (secondary N) is 1. The van der Waals surface area contributed by atoms with Crippen molar-refractivity contribution < 1.29 is 4.74 Å². The maximum atomic E-state index is 9.17. The maximum absolute atomic E-state index is 9.17. The highest BCUT2D eigenvalue weighted by molar-refractivity contribution is 8.11. The van der Waals surface area contributed by atoms with Crippen LogP contribution in [-0.4, -0.2) is 6.21 Å². The van der Waals surface area contributed by atoms with E-state index in [-0.39, 0.29) is 0 Å². The van der Waals surface area contributed by atoms with E-state index in [9.17, 15) is 5.26 Å². The third-order valence-corrected chi connectivity index (χ3v) is 6.26. The summed E-state index contributed by atoms with van der Waals surface area (Å²) in [6, 6.07) is 18.7. The molecule has 0 fully saturated rings. The second kappa shape index (κ2) is 7.53. The molecule has 4 rings (SSSR count). The first-order valence-electron chi connectivity index (χ1n) is 9.37. The maximum Gasteiger partial charge on any atom is 0.172 e. The van der Waals surface area contributed by atoms with Crippen LogP contribution in [0.1, 0.15) is 26.7 Å². The van der Waals surface area contributed by atoms with Crippen LogP contribution in [0.2, 0.25) is 0 Å². The summed E-state index contributed by atoms with van der Waals surface area (Å²) in [5, 5.41) is 23.9. The third-order valence-electron chi connectivity index (χ3n) is 4.99. The first kappa shape index (κ1) is 18.3. The molecule has 0 atom stereocenters. The zero-order valence-electron chi connectivity index (χ0n) is 15.9. The van der Waals surface area contributed by atoms with Gasteiger partial charge in [0.1, 0.15) is 11.8 Å². The SMILES string of the molecule is CCC1=C(CC)S/C(=c2\ccc3cc4c/c(=C(\C#N)C=N)ccc4cc3c2)O1. The Kier molecular flexibility index (Phi) is 4.93. The zero-order valence-corrected chi connectivity index (χ0v) is 16.7. The van der Waals surface area contributed by atoms with Gasteiger partial charge in [-0.1, -0.05) is 49.9 Å². The molecule has 0 amide bonds. The van der Waals surface area contributed by atoms with Crippen LogP contribution in [0.15, 0.2) is 59.2 Å². The highest BCUT2D eigenvalue weighted by atomic mass is 32.2. The summed E-state index contributed by atoms with van der Waals surface area (Å²) in [6.07, 6.45) is 3.02. The van der Waals surface area contributed by atoms with E-state index >= 15 is 0 Å². The molecule has 1 aliphatic heterocycles. The monoisotopic (exact) mass is 384 g/mol. The highest BCUT2D eigenvalue weighted by Crippen LogP contribution is 2.41. The van der Waals surface area contributed by atoms with Crippen molar-refractivity contribution in [3.63, 3.8) is 0 Å². The Morgan fingerprint density at radius 1 is 1.00 bits per heavy atom. The molecule has 0 unspecified atom stereocenters. The number of nitrogens with zero attached hydrogens (tertiary/aromatic N) is 1. The smallest absolute Gasteiger partial charge is 0.172 e. The van der Waals surface area contributed by atoms with Gasteiger partial charge in [-0.05, 0) is 57.4 Å². The fourth-order valence-corrected chi connectivity index (χ4v) is 4.54. The summed E-state index contributed by atoms with van der Waals surface area (Å²) < 4.78 is 6.11. The molecule has 3 aromatic rings. The number of nitriles is 1. The Morgan fingerprint density at radius 2 is 1.71 bits per heavy atom. The number of rotatable bonds is 3. The second-order valence-electron chi connectivity index (χ2n) is 6.69. The van der Waals surface area contributed by atoms with Crippen LogP contribution in [0, 0.1) is 16.7 Å². The molecular weight excluding hydrogens is 364 g/mol. The van der Waals surface area contributed by atoms with Crippen LogP contribution in [0.5, 0.6) is 0 Å². The summed E-state index contributed by atoms with van der Waals surface area (Å²) in [4.78, 5) is 1.32. The molecule has 0 aromatic heterocycles. The molecule has 28 heavy (non-hydrogen) atoms. The predicted octanol–water partition coefficient (Wildman–Crippen LogP) is 5.18. The molecule has 1 heterocycles. The zero-order chi connectivity index (χ0) is 19.7. The molecule has 0 spiro atoms. The lowest BCUT2D eigenvalue weighted by atomic mass is 10.0. The van der Waals surface area contributed by atoms with Gasteiger partial charge in [-0.15, -0.1) is 0 Å². The number of hydrogen-bond acceptors (Lipinski definition) is 4. The van der Waals surface area contributed by atoms with Crippen molar-refractivity contribution in [1.82, 2.24) is 0 Å². The van der Waals surface area contributed by atoms with Crippen LogP contribution in [0.25, 0.3) is 32.2 Å². The van der Waals surface area contributed by atoms with Gasteiger partial charge >= 0.3 is 0 Å². The molecule has 0 bridgehead atoms. The van der Waals surface area contributed by atoms with E-state index in [0.29, 0.717) is 5.57 Å². The average molecular weight is 385 g/mol. The third kappa shape index (κ3) is 3.19. The van der Waals surface area contributed by atoms with Crippen molar-refractivity contribution in [2.45, 2.75) is 26.7 Å². The summed E-state index contributed by atoms with van der Waals surface area (Å²) in [5.74, 6) is 1.09. The minimum absolute atomic E-state index is 0.370. The number of benzene rings is 3. The molecule has 0 radical (unpaired) electrons. The standard InChI is InChI=1S/C24H20N2OS/c1-3-22-23(4-2)28-24(27-22)18-8-7-16-9-19-11-17(21(13-25)14-26)6-5-15(19)10-20(16)12-18/h5-13,25H,3-4H2,1-2H3/b21-17-,24-18+,25-13?.